The van der Waals surface area contributed by atoms with E-state index in [-0.39, 0.29) is 10.6 Å². The summed E-state index contributed by atoms with van der Waals surface area (Å²) >= 11 is 0.938. The lowest BCUT2D eigenvalue weighted by molar-refractivity contribution is 0.0989. The molecular weight excluding hydrogens is 151 g/mol. The Labute approximate surface area is 74.8 Å². The van der Waals surface area contributed by atoms with E-state index in [1.165, 1.54) is 0 Å². The second-order valence-electron chi connectivity index (χ2n) is 2.88. The third-order valence-corrected chi connectivity index (χ3v) is 2.11. The smallest absolute Gasteiger partial charge is 0.228 e. The van der Waals surface area contributed by atoms with Crippen molar-refractivity contribution in [3.63, 3.8) is 0 Å². The van der Waals surface area contributed by atoms with E-state index in [0.29, 0.717) is 0 Å². The normalized spacial score (nSPS) is 12.5. The Morgan fingerprint density at radius 3 is 2.36 bits per heavy atom. The maximum Gasteiger partial charge on any atom is 0.228 e. The molecule has 11 heavy (non-hydrogen) atoms. The van der Waals surface area contributed by atoms with Crippen LogP contribution in [0, 0.1) is 0 Å². The van der Waals surface area contributed by atoms with Crippen LogP contribution in [0.4, 0.5) is 0 Å². The minimum absolute atomic E-state index is 0.234. The van der Waals surface area contributed by atoms with Crippen LogP contribution in [0.25, 0.3) is 0 Å². The van der Waals surface area contributed by atoms with Crippen LogP contribution in [0.15, 0.2) is 30.3 Å². The molecule has 0 N–H and O–H groups in total. The van der Waals surface area contributed by atoms with E-state index in [4.69, 9.17) is 0 Å². The molecule has 0 aliphatic heterocycles. The average molecular weight is 162 g/mol. The highest BCUT2D eigenvalue weighted by Crippen LogP contribution is 2.08. The molecule has 1 aromatic carbocycles. The van der Waals surface area contributed by atoms with Crippen LogP contribution >= 0.6 is 0 Å². The second kappa shape index (κ2) is 3.71. The molecule has 0 spiro atoms. The molecule has 1 rings (SSSR count). The first-order valence-electron chi connectivity index (χ1n) is 3.81. The van der Waals surface area contributed by atoms with E-state index >= 15 is 0 Å². The van der Waals surface area contributed by atoms with Gasteiger partial charge in [-0.3, -0.25) is 4.79 Å². The largest absolute Gasteiger partial charge is 0.295 e. The van der Waals surface area contributed by atoms with Gasteiger partial charge in [0.1, 0.15) is 0 Å². The monoisotopic (exact) mass is 162 g/mol. The molecule has 1 unspecified atom stereocenters. The van der Waals surface area contributed by atoms with Crippen molar-refractivity contribution in [2.24, 2.45) is 0 Å². The zero-order chi connectivity index (χ0) is 8.27. The fourth-order valence-electron chi connectivity index (χ4n) is 0.936. The molecule has 0 aliphatic carbocycles. The van der Waals surface area contributed by atoms with E-state index < -0.39 is 0 Å². The Hall–Kier alpha value is -0.578. The standard InChI is InChI=1S/C9H9O.Al.2H/c1-2-9(10)8-6-4-3-5-7-8;;;/h2-7H,1H3;;;. The Bertz CT molecular complexity index is 241. The van der Waals surface area contributed by atoms with Crippen molar-refractivity contribution in [2.75, 3.05) is 0 Å². The summed E-state index contributed by atoms with van der Waals surface area (Å²) in [7, 11) is 0. The van der Waals surface area contributed by atoms with Crippen molar-refractivity contribution in [1.29, 1.82) is 0 Å². The Balaban J connectivity index is 2.86. The van der Waals surface area contributed by atoms with Gasteiger partial charge in [-0.15, -0.1) is 0 Å². The molecule has 0 heterocycles. The SMILES string of the molecule is C[CH]([AlH2])C(=O)c1ccccc1. The molecule has 2 heteroatoms. The molecule has 0 radical (unpaired) electrons. The van der Waals surface area contributed by atoms with E-state index in [9.17, 15) is 4.79 Å². The van der Waals surface area contributed by atoms with Crippen LogP contribution in [-0.2, 0) is 0 Å². The minimum Gasteiger partial charge on any atom is -0.295 e. The zero-order valence-corrected chi connectivity index (χ0v) is 8.87. The Kier molecular flexibility index (Phi) is 2.87. The van der Waals surface area contributed by atoms with Gasteiger partial charge >= 0.3 is 0 Å². The molecule has 56 valence electrons. The van der Waals surface area contributed by atoms with Crippen LogP contribution in [0.2, 0.25) is 4.78 Å². The van der Waals surface area contributed by atoms with Crippen LogP contribution in [0.5, 0.6) is 0 Å². The van der Waals surface area contributed by atoms with Gasteiger partial charge < -0.3 is 0 Å². The van der Waals surface area contributed by atoms with E-state index in [0.717, 1.165) is 21.9 Å². The van der Waals surface area contributed by atoms with Crippen LogP contribution in [0.3, 0.4) is 0 Å². The van der Waals surface area contributed by atoms with Crippen LogP contribution in [0.1, 0.15) is 17.3 Å². The number of hydrogen-bond donors (Lipinski definition) is 0. The highest BCUT2D eigenvalue weighted by molar-refractivity contribution is 6.27. The first-order chi connectivity index (χ1) is 5.22. The predicted molar refractivity (Wildman–Crippen MR) is 48.7 cm³/mol. The third kappa shape index (κ3) is 2.18. The first kappa shape index (κ1) is 8.52. The summed E-state index contributed by atoms with van der Waals surface area (Å²) in [5, 5.41) is 0. The average Bonchev–Trinajstić information content (AvgIpc) is 2.05. The van der Waals surface area contributed by atoms with Crippen LogP contribution < -0.4 is 0 Å². The highest BCUT2D eigenvalue weighted by Gasteiger charge is 2.08. The molecule has 0 amide bonds. The maximum atomic E-state index is 11.4. The number of ketones is 1. The number of carbonyl (C=O) groups excluding carboxylic acids is 1. The summed E-state index contributed by atoms with van der Waals surface area (Å²) in [4.78, 5) is 11.4. The Morgan fingerprint density at radius 2 is 1.91 bits per heavy atom. The number of rotatable bonds is 2. The summed E-state index contributed by atoms with van der Waals surface area (Å²) in [6, 6.07) is 9.47. The lowest BCUT2D eigenvalue weighted by atomic mass is 10.1. The molecule has 1 aromatic rings. The molecule has 0 aliphatic rings. The summed E-state index contributed by atoms with van der Waals surface area (Å²) in [5.41, 5.74) is 0.843. The van der Waals surface area contributed by atoms with Gasteiger partial charge in [0.2, 0.25) is 16.3 Å². The Morgan fingerprint density at radius 1 is 1.36 bits per heavy atom. The fourth-order valence-corrected chi connectivity index (χ4v) is 1.27. The van der Waals surface area contributed by atoms with Gasteiger partial charge in [-0.05, 0) is 4.78 Å². The van der Waals surface area contributed by atoms with Gasteiger partial charge in [-0.2, -0.15) is 0 Å². The second-order valence-corrected chi connectivity index (χ2v) is 4.62. The van der Waals surface area contributed by atoms with E-state index in [1.54, 1.807) is 0 Å². The number of benzene rings is 1. The third-order valence-electron chi connectivity index (χ3n) is 1.58. The fraction of sp³-hybridized carbons (Fsp3) is 0.222. The highest BCUT2D eigenvalue weighted by atomic mass is 27.0. The van der Waals surface area contributed by atoms with E-state index in [1.807, 2.05) is 37.3 Å². The van der Waals surface area contributed by atoms with Gasteiger partial charge in [-0.25, -0.2) is 0 Å². The predicted octanol–water partition coefficient (Wildman–Crippen LogP) is 1.31. The number of hydrogen-bond acceptors (Lipinski definition) is 1. The number of carbonyl (C=O) groups is 1. The van der Waals surface area contributed by atoms with Crippen molar-refractivity contribution >= 4 is 22.1 Å². The molecule has 1 nitrogen and oxygen atoms in total. The van der Waals surface area contributed by atoms with Gasteiger partial charge in [0.15, 0.2) is 5.78 Å². The van der Waals surface area contributed by atoms with Crippen molar-refractivity contribution in [3.8, 4) is 0 Å². The molecule has 1 atom stereocenters. The quantitative estimate of drug-likeness (QED) is 0.473. The lowest BCUT2D eigenvalue weighted by Crippen LogP contribution is -2.04. The van der Waals surface area contributed by atoms with Gasteiger partial charge in [0, 0.05) is 5.56 Å². The summed E-state index contributed by atoms with van der Waals surface area (Å²) < 4.78 is 0.234. The topological polar surface area (TPSA) is 17.1 Å². The maximum absolute atomic E-state index is 11.4. The van der Waals surface area contributed by atoms with E-state index in [2.05, 4.69) is 0 Å². The van der Waals surface area contributed by atoms with Gasteiger partial charge in [0.25, 0.3) is 0 Å². The molecule has 0 bridgehead atoms. The molecule has 0 saturated carbocycles. The number of Topliss-reactive ketones (excluding diaryl/α,β-unsaturated/α-hetero) is 1. The molecule has 0 saturated heterocycles. The molecule has 0 fully saturated rings. The summed E-state index contributed by atoms with van der Waals surface area (Å²) in [5.74, 6) is 0.275. The lowest BCUT2D eigenvalue weighted by Gasteiger charge is -2.02. The van der Waals surface area contributed by atoms with Crippen molar-refractivity contribution in [1.82, 2.24) is 0 Å². The van der Waals surface area contributed by atoms with Crippen molar-refractivity contribution < 1.29 is 4.79 Å². The van der Waals surface area contributed by atoms with Crippen molar-refractivity contribution in [3.05, 3.63) is 35.9 Å². The van der Waals surface area contributed by atoms with Crippen LogP contribution in [-0.4, -0.2) is 22.1 Å². The molecule has 0 aromatic heterocycles. The summed E-state index contributed by atoms with van der Waals surface area (Å²) in [6.07, 6.45) is 0. The zero-order valence-electron chi connectivity index (χ0n) is 6.87. The first-order valence-corrected chi connectivity index (χ1v) is 4.96. The minimum atomic E-state index is 0.234. The van der Waals surface area contributed by atoms with Gasteiger partial charge in [-0.1, -0.05) is 37.3 Å². The summed E-state index contributed by atoms with van der Waals surface area (Å²) in [6.45, 7) is 1.97. The van der Waals surface area contributed by atoms with Crippen molar-refractivity contribution in [2.45, 2.75) is 11.7 Å². The van der Waals surface area contributed by atoms with Gasteiger partial charge in [0.05, 0.1) is 0 Å². The molecular formula is C9H11AlO.